The van der Waals surface area contributed by atoms with Crippen molar-refractivity contribution in [3.63, 3.8) is 0 Å². The first kappa shape index (κ1) is 41.9. The summed E-state index contributed by atoms with van der Waals surface area (Å²) in [6.45, 7) is 4.42. The van der Waals surface area contributed by atoms with Crippen LogP contribution in [0.2, 0.25) is 0 Å². The fourth-order valence-corrected chi connectivity index (χ4v) is 5.50. The maximum Gasteiger partial charge on any atom is 0.337 e. The first-order valence-electron chi connectivity index (χ1n) is 15.4. The number of thioether (sulfide) groups is 1. The summed E-state index contributed by atoms with van der Waals surface area (Å²) in [6.07, 6.45) is 4.04. The van der Waals surface area contributed by atoms with E-state index in [1.807, 2.05) is 80.8 Å². The summed E-state index contributed by atoms with van der Waals surface area (Å²) in [5.74, 6) is 0.527. The fraction of sp³-hybridized carbons (Fsp3) is 0.278. The number of fused-ring (bicyclic) bond motifs is 2. The third kappa shape index (κ3) is 11.2. The van der Waals surface area contributed by atoms with E-state index in [2.05, 4.69) is 19.9 Å². The summed E-state index contributed by atoms with van der Waals surface area (Å²) in [6, 6.07) is 22.0. The topological polar surface area (TPSA) is 165 Å². The summed E-state index contributed by atoms with van der Waals surface area (Å²) in [4.78, 5) is 40.0. The lowest BCUT2D eigenvalue weighted by Gasteiger charge is -2.11. The number of aryl methyl sites for hydroxylation is 2. The first-order valence-corrected chi connectivity index (χ1v) is 19.6. The number of alkyl halides is 2. The Labute approximate surface area is 315 Å². The number of hydrogen-bond donors (Lipinski definition) is 0. The van der Waals surface area contributed by atoms with E-state index in [0.717, 1.165) is 22.9 Å². The Morgan fingerprint density at radius 1 is 0.712 bits per heavy atom. The first-order chi connectivity index (χ1) is 24.5. The molecule has 0 saturated carbocycles. The molecule has 6 rings (SSSR count). The second-order valence-corrected chi connectivity index (χ2v) is 14.0. The van der Waals surface area contributed by atoms with Crippen molar-refractivity contribution < 1.29 is 26.7 Å². The molecular weight excluding hydrogens is 751 g/mol. The Kier molecular flexibility index (Phi) is 16.1. The minimum atomic E-state index is -3.70. The van der Waals surface area contributed by atoms with Gasteiger partial charge in [-0.25, -0.2) is 18.0 Å². The maximum atomic E-state index is 11.8. The Morgan fingerprint density at radius 2 is 1.13 bits per heavy atom. The van der Waals surface area contributed by atoms with Gasteiger partial charge in [0.1, 0.15) is 24.0 Å². The average Bonchev–Trinajstić information content (AvgIpc) is 3.12. The number of aromatic nitrogens is 4. The molecule has 0 aliphatic heterocycles. The van der Waals surface area contributed by atoms with Crippen LogP contribution in [0.25, 0.3) is 22.2 Å². The normalized spacial score (nSPS) is 10.7. The van der Waals surface area contributed by atoms with Crippen LogP contribution in [-0.4, -0.2) is 46.2 Å². The van der Waals surface area contributed by atoms with Crippen molar-refractivity contribution in [2.45, 2.75) is 57.6 Å². The van der Waals surface area contributed by atoms with Crippen molar-refractivity contribution in [2.24, 2.45) is 0 Å². The predicted octanol–water partition coefficient (Wildman–Crippen LogP) is 7.63. The van der Waals surface area contributed by atoms with Crippen molar-refractivity contribution in [3.8, 4) is 11.8 Å². The molecule has 0 aliphatic carbocycles. The molecule has 0 amide bonds. The second-order valence-electron chi connectivity index (χ2n) is 10.5. The molecule has 276 valence electrons. The molecular formula is C36H38Cl2N4O8S2. The van der Waals surface area contributed by atoms with Crippen molar-refractivity contribution >= 4 is 67.0 Å². The standard InChI is InChI=1S/C17H16N2O5S.C17H16N2O3S.CH2Cl2.CH4/c1-3-12-9-13(20)24-16-14(12)15(18-17(19-16)25(2,21)22)23-10-11-7-5-4-6-8-11;1-3-12-9-13(20)22-16-14(12)15(18-17(19-16)23-2)21-10-11-7-5-4-6-8-11;2-1-3;/h4-9H,3,10H2,1-2H3;4-9H,3,10H2,1-2H3;1H2;1H4. The van der Waals surface area contributed by atoms with Gasteiger partial charge in [0.15, 0.2) is 5.16 Å². The lowest BCUT2D eigenvalue weighted by molar-refractivity contribution is 0.293. The number of ether oxygens (including phenoxy) is 2. The van der Waals surface area contributed by atoms with E-state index in [-0.39, 0.29) is 36.7 Å². The molecule has 0 unspecified atom stereocenters. The molecule has 12 nitrogen and oxygen atoms in total. The molecule has 0 fully saturated rings. The van der Waals surface area contributed by atoms with Crippen LogP contribution in [0.1, 0.15) is 43.5 Å². The summed E-state index contributed by atoms with van der Waals surface area (Å²) in [5, 5.41) is 1.34. The third-order valence-electron chi connectivity index (χ3n) is 6.98. The Bertz CT molecular complexity index is 2310. The van der Waals surface area contributed by atoms with Crippen LogP contribution in [0, 0.1) is 0 Å². The van der Waals surface area contributed by atoms with Crippen LogP contribution in [0.3, 0.4) is 0 Å². The highest BCUT2D eigenvalue weighted by Gasteiger charge is 2.21. The number of benzene rings is 2. The molecule has 0 aliphatic rings. The van der Waals surface area contributed by atoms with Gasteiger partial charge in [-0.2, -0.15) is 19.9 Å². The fourth-order valence-electron chi connectivity index (χ4n) is 4.66. The van der Waals surface area contributed by atoms with Gasteiger partial charge in [0, 0.05) is 18.4 Å². The molecule has 0 radical (unpaired) electrons. The molecule has 0 spiro atoms. The highest BCUT2D eigenvalue weighted by molar-refractivity contribution is 7.98. The third-order valence-corrected chi connectivity index (χ3v) is 8.37. The maximum absolute atomic E-state index is 11.8. The van der Waals surface area contributed by atoms with Crippen molar-refractivity contribution in [3.05, 3.63) is 116 Å². The second kappa shape index (κ2) is 19.9. The van der Waals surface area contributed by atoms with Gasteiger partial charge in [-0.15, -0.1) is 23.2 Å². The Morgan fingerprint density at radius 3 is 1.54 bits per heavy atom. The summed E-state index contributed by atoms with van der Waals surface area (Å²) >= 11 is 10.9. The van der Waals surface area contributed by atoms with Crippen LogP contribution in [0.15, 0.2) is 102 Å². The molecule has 0 N–H and O–H groups in total. The predicted molar refractivity (Wildman–Crippen MR) is 205 cm³/mol. The van der Waals surface area contributed by atoms with Gasteiger partial charge in [-0.05, 0) is 41.4 Å². The zero-order chi connectivity index (χ0) is 37.0. The van der Waals surface area contributed by atoms with Crippen molar-refractivity contribution in [1.29, 1.82) is 0 Å². The van der Waals surface area contributed by atoms with Gasteiger partial charge in [0.05, 0.1) is 5.34 Å². The SMILES string of the molecule is C.CCc1cc(=O)oc2nc(S(C)(=O)=O)nc(OCc3ccccc3)c12.CCc1cc(=O)oc2nc(SC)nc(OCc3ccccc3)c12.ClCCl. The Hall–Kier alpha value is -4.50. The van der Waals surface area contributed by atoms with E-state index in [9.17, 15) is 18.0 Å². The molecule has 0 bridgehead atoms. The number of halogens is 2. The van der Waals surface area contributed by atoms with E-state index in [1.54, 1.807) is 0 Å². The zero-order valence-electron chi connectivity index (χ0n) is 28.1. The van der Waals surface area contributed by atoms with Gasteiger partial charge in [-0.1, -0.05) is 93.7 Å². The van der Waals surface area contributed by atoms with Crippen molar-refractivity contribution in [2.75, 3.05) is 17.9 Å². The lowest BCUT2D eigenvalue weighted by Crippen LogP contribution is -2.10. The van der Waals surface area contributed by atoms with Gasteiger partial charge in [0.2, 0.25) is 33.0 Å². The minimum absolute atomic E-state index is 0. The van der Waals surface area contributed by atoms with Gasteiger partial charge >= 0.3 is 11.3 Å². The lowest BCUT2D eigenvalue weighted by atomic mass is 10.1. The number of rotatable bonds is 10. The van der Waals surface area contributed by atoms with Crippen LogP contribution in [0.5, 0.6) is 11.8 Å². The summed E-state index contributed by atoms with van der Waals surface area (Å²) in [7, 11) is -3.70. The largest absolute Gasteiger partial charge is 0.472 e. The minimum Gasteiger partial charge on any atom is -0.472 e. The quantitative estimate of drug-likeness (QED) is 0.0757. The van der Waals surface area contributed by atoms with E-state index in [4.69, 9.17) is 41.5 Å². The van der Waals surface area contributed by atoms with E-state index >= 15 is 0 Å². The molecule has 2 aromatic carbocycles. The van der Waals surface area contributed by atoms with Crippen LogP contribution < -0.4 is 20.7 Å². The van der Waals surface area contributed by atoms with Crippen LogP contribution >= 0.6 is 35.0 Å². The summed E-state index contributed by atoms with van der Waals surface area (Å²) in [5.41, 5.74) is 2.57. The molecule has 0 saturated heterocycles. The van der Waals surface area contributed by atoms with Gasteiger partial charge < -0.3 is 18.3 Å². The molecule has 6 aromatic rings. The number of nitrogens with zero attached hydrogens (tertiary/aromatic N) is 4. The molecule has 0 atom stereocenters. The van der Waals surface area contributed by atoms with E-state index in [0.29, 0.717) is 46.8 Å². The molecule has 4 aromatic heterocycles. The molecule has 52 heavy (non-hydrogen) atoms. The number of sulfone groups is 1. The Balaban J connectivity index is 0.000000257. The van der Waals surface area contributed by atoms with Gasteiger partial charge in [-0.3, -0.25) is 0 Å². The molecule has 16 heteroatoms. The number of hydrogen-bond acceptors (Lipinski definition) is 13. The highest BCUT2D eigenvalue weighted by Crippen LogP contribution is 2.29. The van der Waals surface area contributed by atoms with Crippen LogP contribution in [0.4, 0.5) is 0 Å². The zero-order valence-corrected chi connectivity index (χ0v) is 31.2. The van der Waals surface area contributed by atoms with Crippen molar-refractivity contribution in [1.82, 2.24) is 19.9 Å². The summed E-state index contributed by atoms with van der Waals surface area (Å²) < 4.78 is 45.7. The smallest absolute Gasteiger partial charge is 0.337 e. The monoisotopic (exact) mass is 788 g/mol. The highest BCUT2D eigenvalue weighted by atomic mass is 35.5. The average molecular weight is 790 g/mol. The van der Waals surface area contributed by atoms with E-state index < -0.39 is 26.2 Å². The van der Waals surface area contributed by atoms with E-state index in [1.165, 1.54) is 23.9 Å². The van der Waals surface area contributed by atoms with Crippen LogP contribution in [-0.2, 0) is 35.9 Å². The molecule has 4 heterocycles. The van der Waals surface area contributed by atoms with Gasteiger partial charge in [0.25, 0.3) is 5.16 Å².